The average molecular weight is 414 g/mol. The molecule has 1 amide bonds. The van der Waals surface area contributed by atoms with Gasteiger partial charge in [-0.15, -0.1) is 0 Å². The molecule has 3 N–H and O–H groups in total. The van der Waals surface area contributed by atoms with Crippen LogP contribution in [0, 0.1) is 0 Å². The molecule has 2 aromatic carbocycles. The average Bonchev–Trinajstić information content (AvgIpc) is 3.25. The quantitative estimate of drug-likeness (QED) is 0.566. The van der Waals surface area contributed by atoms with Crippen molar-refractivity contribution in [1.29, 1.82) is 0 Å². The van der Waals surface area contributed by atoms with Gasteiger partial charge < -0.3 is 19.8 Å². The second kappa shape index (κ2) is 7.84. The number of hydrogen-bond donors (Lipinski definition) is 3. The molecule has 2 heterocycles. The van der Waals surface area contributed by atoms with Crippen LogP contribution in [0.5, 0.6) is 11.5 Å². The molecule has 0 aliphatic carbocycles. The first-order valence-corrected chi connectivity index (χ1v) is 10.3. The van der Waals surface area contributed by atoms with E-state index in [2.05, 4.69) is 20.0 Å². The first-order chi connectivity index (χ1) is 14.0. The van der Waals surface area contributed by atoms with E-state index in [1.54, 1.807) is 30.6 Å². The number of rotatable bonds is 6. The Labute approximate surface area is 167 Å². The van der Waals surface area contributed by atoms with Gasteiger partial charge in [0.25, 0.3) is 15.9 Å². The molecule has 0 fully saturated rings. The Hall–Kier alpha value is -3.53. The highest BCUT2D eigenvalue weighted by Gasteiger charge is 2.19. The van der Waals surface area contributed by atoms with Crippen LogP contribution >= 0.6 is 0 Å². The number of ether oxygens (including phenoxy) is 2. The summed E-state index contributed by atoms with van der Waals surface area (Å²) in [6.07, 6.45) is 3.27. The van der Waals surface area contributed by atoms with Crippen molar-refractivity contribution >= 4 is 21.6 Å². The van der Waals surface area contributed by atoms with E-state index in [1.807, 2.05) is 0 Å². The van der Waals surface area contributed by atoms with E-state index in [0.29, 0.717) is 41.8 Å². The van der Waals surface area contributed by atoms with Crippen LogP contribution in [0.2, 0.25) is 0 Å². The third-order valence-corrected chi connectivity index (χ3v) is 5.57. The maximum atomic E-state index is 12.6. The number of amides is 1. The molecule has 1 aliphatic rings. The number of nitrogens with one attached hydrogen (secondary N) is 3. The second-order valence-corrected chi connectivity index (χ2v) is 7.89. The maximum absolute atomic E-state index is 12.6. The Morgan fingerprint density at radius 2 is 1.83 bits per heavy atom. The van der Waals surface area contributed by atoms with E-state index in [4.69, 9.17) is 9.47 Å². The topological polar surface area (TPSA) is 122 Å². The molecule has 4 rings (SSSR count). The Bertz CT molecular complexity index is 1110. The lowest BCUT2D eigenvalue weighted by Gasteiger charge is -2.19. The number of hydrogen-bond acceptors (Lipinski definition) is 6. The van der Waals surface area contributed by atoms with E-state index < -0.39 is 10.0 Å². The number of sulfonamides is 1. The van der Waals surface area contributed by atoms with Crippen molar-refractivity contribution in [1.82, 2.24) is 15.3 Å². The van der Waals surface area contributed by atoms with Crippen LogP contribution in [0.4, 0.5) is 5.69 Å². The SMILES string of the molecule is O=C(NCc1ncc[nH]1)c1ccc(NS(=O)(=O)c2ccc3c(c2)OCCO3)cc1. The molecule has 0 bridgehead atoms. The minimum absolute atomic E-state index is 0.0574. The van der Waals surface area contributed by atoms with Gasteiger partial charge >= 0.3 is 0 Å². The van der Waals surface area contributed by atoms with Crippen LogP contribution in [-0.4, -0.2) is 37.5 Å². The Kier molecular flexibility index (Phi) is 5.09. The van der Waals surface area contributed by atoms with Crippen molar-refractivity contribution in [2.75, 3.05) is 17.9 Å². The van der Waals surface area contributed by atoms with Gasteiger partial charge in [-0.25, -0.2) is 13.4 Å². The van der Waals surface area contributed by atoms with Crippen LogP contribution in [0.15, 0.2) is 59.8 Å². The zero-order valence-corrected chi connectivity index (χ0v) is 16.0. The minimum Gasteiger partial charge on any atom is -0.486 e. The molecule has 0 radical (unpaired) electrons. The number of H-pyrrole nitrogens is 1. The van der Waals surface area contributed by atoms with Gasteiger partial charge in [-0.3, -0.25) is 9.52 Å². The van der Waals surface area contributed by atoms with Crippen LogP contribution in [0.3, 0.4) is 0 Å². The number of carbonyl (C=O) groups excluding carboxylic acids is 1. The zero-order valence-electron chi connectivity index (χ0n) is 15.2. The number of anilines is 1. The van der Waals surface area contributed by atoms with E-state index in [1.165, 1.54) is 24.3 Å². The number of aromatic nitrogens is 2. The van der Waals surface area contributed by atoms with E-state index in [0.717, 1.165) is 0 Å². The lowest BCUT2D eigenvalue weighted by Crippen LogP contribution is -2.23. The number of nitrogens with zero attached hydrogens (tertiary/aromatic N) is 1. The van der Waals surface area contributed by atoms with E-state index in [9.17, 15) is 13.2 Å². The summed E-state index contributed by atoms with van der Waals surface area (Å²) >= 11 is 0. The Balaban J connectivity index is 1.43. The molecule has 0 spiro atoms. The second-order valence-electron chi connectivity index (χ2n) is 6.21. The number of aromatic amines is 1. The zero-order chi connectivity index (χ0) is 20.3. The van der Waals surface area contributed by atoms with Gasteiger partial charge in [0.15, 0.2) is 11.5 Å². The summed E-state index contributed by atoms with van der Waals surface area (Å²) in [5, 5.41) is 2.73. The van der Waals surface area contributed by atoms with Crippen molar-refractivity contribution in [2.24, 2.45) is 0 Å². The molecule has 3 aromatic rings. The van der Waals surface area contributed by atoms with Gasteiger partial charge in [-0.05, 0) is 36.4 Å². The third kappa shape index (κ3) is 4.32. The maximum Gasteiger partial charge on any atom is 0.262 e. The van der Waals surface area contributed by atoms with Crippen LogP contribution in [0.25, 0.3) is 0 Å². The first kappa shape index (κ1) is 18.8. The Morgan fingerprint density at radius 1 is 1.07 bits per heavy atom. The highest BCUT2D eigenvalue weighted by atomic mass is 32.2. The number of benzene rings is 2. The monoisotopic (exact) mass is 414 g/mol. The number of carbonyl (C=O) groups is 1. The fourth-order valence-corrected chi connectivity index (χ4v) is 3.83. The molecule has 1 aromatic heterocycles. The molecule has 1 aliphatic heterocycles. The lowest BCUT2D eigenvalue weighted by atomic mass is 10.2. The van der Waals surface area contributed by atoms with Gasteiger partial charge in [0.2, 0.25) is 0 Å². The summed E-state index contributed by atoms with van der Waals surface area (Å²) in [6.45, 7) is 1.07. The van der Waals surface area contributed by atoms with Crippen LogP contribution in [-0.2, 0) is 16.6 Å². The predicted octanol–water partition coefficient (Wildman–Crippen LogP) is 1.91. The predicted molar refractivity (Wildman–Crippen MR) is 104 cm³/mol. The molecule has 10 heteroatoms. The minimum atomic E-state index is -3.82. The first-order valence-electron chi connectivity index (χ1n) is 8.80. The molecule has 0 atom stereocenters. The molecule has 150 valence electrons. The van der Waals surface area contributed by atoms with Crippen LogP contribution in [0.1, 0.15) is 16.2 Å². The van der Waals surface area contributed by atoms with Crippen molar-refractivity contribution in [2.45, 2.75) is 11.4 Å². The van der Waals surface area contributed by atoms with Crippen molar-refractivity contribution in [3.8, 4) is 11.5 Å². The van der Waals surface area contributed by atoms with Gasteiger partial charge in [-0.2, -0.15) is 0 Å². The van der Waals surface area contributed by atoms with Gasteiger partial charge in [0.1, 0.15) is 19.0 Å². The van der Waals surface area contributed by atoms with Gasteiger partial charge in [-0.1, -0.05) is 0 Å². The highest BCUT2D eigenvalue weighted by molar-refractivity contribution is 7.92. The van der Waals surface area contributed by atoms with Crippen LogP contribution < -0.4 is 19.5 Å². The highest BCUT2D eigenvalue weighted by Crippen LogP contribution is 2.32. The molecule has 0 saturated heterocycles. The molecule has 0 unspecified atom stereocenters. The van der Waals surface area contributed by atoms with E-state index >= 15 is 0 Å². The molecule has 29 heavy (non-hydrogen) atoms. The smallest absolute Gasteiger partial charge is 0.262 e. The third-order valence-electron chi connectivity index (χ3n) is 4.19. The normalized spacial score (nSPS) is 13.0. The summed E-state index contributed by atoms with van der Waals surface area (Å²) in [7, 11) is -3.82. The van der Waals surface area contributed by atoms with Crippen molar-refractivity contribution in [3.63, 3.8) is 0 Å². The molecular formula is C19H18N4O5S. The van der Waals surface area contributed by atoms with Gasteiger partial charge in [0, 0.05) is 29.7 Å². The largest absolute Gasteiger partial charge is 0.486 e. The summed E-state index contributed by atoms with van der Waals surface area (Å²) < 4.78 is 38.6. The van der Waals surface area contributed by atoms with Gasteiger partial charge in [0.05, 0.1) is 11.4 Å². The Morgan fingerprint density at radius 3 is 2.55 bits per heavy atom. The van der Waals surface area contributed by atoms with Crippen molar-refractivity contribution < 1.29 is 22.7 Å². The fraction of sp³-hybridized carbons (Fsp3) is 0.158. The summed E-state index contributed by atoms with van der Waals surface area (Å²) in [4.78, 5) is 19.2. The number of fused-ring (bicyclic) bond motifs is 1. The fourth-order valence-electron chi connectivity index (χ4n) is 2.76. The summed E-state index contributed by atoms with van der Waals surface area (Å²) in [5.74, 6) is 1.26. The molecule has 9 nitrogen and oxygen atoms in total. The molecule has 0 saturated carbocycles. The standard InChI is InChI=1S/C19H18N4O5S/c24-19(22-12-18-20-7-8-21-18)13-1-3-14(4-2-13)23-29(25,26)15-5-6-16-17(11-15)28-10-9-27-16/h1-8,11,23H,9-10,12H2,(H,20,21)(H,22,24). The van der Waals surface area contributed by atoms with Crippen molar-refractivity contribution in [3.05, 3.63) is 66.2 Å². The summed E-state index contributed by atoms with van der Waals surface area (Å²) in [5.41, 5.74) is 0.737. The molecular weight excluding hydrogens is 396 g/mol. The number of imidazole rings is 1. The summed E-state index contributed by atoms with van der Waals surface area (Å²) in [6, 6.07) is 10.6. The van der Waals surface area contributed by atoms with E-state index in [-0.39, 0.29) is 17.3 Å². The lowest BCUT2D eigenvalue weighted by molar-refractivity contribution is 0.0950.